The quantitative estimate of drug-likeness (QED) is 0.677. The number of anilines is 1. The Morgan fingerprint density at radius 3 is 2.40 bits per heavy atom. The number of rotatable bonds is 3. The summed E-state index contributed by atoms with van der Waals surface area (Å²) in [7, 11) is 0. The summed E-state index contributed by atoms with van der Waals surface area (Å²) < 4.78 is 46.9. The van der Waals surface area contributed by atoms with Gasteiger partial charge in [0.15, 0.2) is 0 Å². The lowest BCUT2D eigenvalue weighted by Crippen LogP contribution is -2.53. The fourth-order valence-electron chi connectivity index (χ4n) is 5.77. The molecule has 3 fully saturated rings. The number of nitrogens with zero attached hydrogens (tertiary/aromatic N) is 2. The van der Waals surface area contributed by atoms with E-state index in [9.17, 15) is 18.0 Å². The largest absolute Gasteiger partial charge is 0.370 e. The summed E-state index contributed by atoms with van der Waals surface area (Å²) >= 11 is 0. The van der Waals surface area contributed by atoms with Gasteiger partial charge in [-0.15, -0.1) is 0 Å². The molecule has 3 aliphatic rings. The maximum Gasteiger partial charge on any atom is 0.321 e. The number of amides is 2. The number of hydrogen-bond donors (Lipinski definition) is 2. The molecule has 0 aliphatic carbocycles. The maximum absolute atomic E-state index is 14.2. The van der Waals surface area contributed by atoms with Crippen LogP contribution in [0.25, 0.3) is 0 Å². The third kappa shape index (κ3) is 5.17. The third-order valence-corrected chi connectivity index (χ3v) is 7.86. The van der Waals surface area contributed by atoms with Crippen molar-refractivity contribution in [1.29, 1.82) is 0 Å². The summed E-state index contributed by atoms with van der Waals surface area (Å²) in [5, 5.41) is 2.85. The smallest absolute Gasteiger partial charge is 0.321 e. The van der Waals surface area contributed by atoms with Crippen molar-refractivity contribution in [1.82, 2.24) is 9.80 Å². The molecule has 3 saturated heterocycles. The second-order valence-corrected chi connectivity index (χ2v) is 10.1. The Balaban J connectivity index is 1.13. The van der Waals surface area contributed by atoms with Crippen LogP contribution in [-0.4, -0.2) is 60.7 Å². The van der Waals surface area contributed by atoms with Gasteiger partial charge in [-0.1, -0.05) is 0 Å². The van der Waals surface area contributed by atoms with E-state index in [4.69, 9.17) is 10.5 Å². The lowest BCUT2D eigenvalue weighted by molar-refractivity contribution is -0.0627. The van der Waals surface area contributed by atoms with E-state index in [1.54, 1.807) is 12.1 Å². The normalized spacial score (nSPS) is 26.7. The van der Waals surface area contributed by atoms with Crippen molar-refractivity contribution in [3.8, 4) is 0 Å². The summed E-state index contributed by atoms with van der Waals surface area (Å²) in [6, 6.07) is 8.71. The lowest BCUT2D eigenvalue weighted by Gasteiger charge is -2.45. The van der Waals surface area contributed by atoms with Crippen LogP contribution >= 0.6 is 0 Å². The number of nitrogens with one attached hydrogen (secondary N) is 1. The number of piperidine rings is 1. The summed E-state index contributed by atoms with van der Waals surface area (Å²) in [6.07, 6.45) is 2.90. The molecule has 0 unspecified atom stereocenters. The van der Waals surface area contributed by atoms with Crippen molar-refractivity contribution in [2.45, 2.75) is 43.9 Å². The molecule has 3 N–H and O–H groups in total. The summed E-state index contributed by atoms with van der Waals surface area (Å²) in [6.45, 7) is 3.59. The maximum atomic E-state index is 14.2. The van der Waals surface area contributed by atoms with Gasteiger partial charge in [0.1, 0.15) is 23.6 Å². The van der Waals surface area contributed by atoms with Crippen molar-refractivity contribution >= 4 is 11.7 Å². The van der Waals surface area contributed by atoms with Gasteiger partial charge in [-0.2, -0.15) is 0 Å². The number of nitrogens with two attached hydrogens (primary N) is 1. The zero-order valence-electron chi connectivity index (χ0n) is 19.6. The molecule has 0 saturated carbocycles. The fraction of sp³-hybridized carbons (Fsp3) is 0.500. The van der Waals surface area contributed by atoms with Crippen LogP contribution in [0.15, 0.2) is 42.5 Å². The SMILES string of the molecule is N[C@H]1C[C@@H](N2CCC3(CCN(C(=O)Nc4ccc(F)cc4)C3)CC2)CO[C@@H]1c1cc(F)ccc1F. The molecule has 0 aromatic heterocycles. The predicted molar refractivity (Wildman–Crippen MR) is 126 cm³/mol. The Hall–Kier alpha value is -2.62. The molecule has 0 bridgehead atoms. The molecule has 2 amide bonds. The minimum atomic E-state index is -0.652. The molecular weight excluding hydrogens is 457 g/mol. The first kappa shape index (κ1) is 24.1. The Labute approximate surface area is 203 Å². The van der Waals surface area contributed by atoms with E-state index in [-0.39, 0.29) is 28.9 Å². The molecule has 0 radical (unpaired) electrons. The highest BCUT2D eigenvalue weighted by Crippen LogP contribution is 2.42. The second kappa shape index (κ2) is 9.79. The highest BCUT2D eigenvalue weighted by atomic mass is 19.1. The van der Waals surface area contributed by atoms with Crippen LogP contribution in [0.2, 0.25) is 0 Å². The first-order valence-electron chi connectivity index (χ1n) is 12.2. The molecule has 3 aliphatic heterocycles. The molecule has 5 rings (SSSR count). The van der Waals surface area contributed by atoms with E-state index in [0.717, 1.165) is 44.5 Å². The van der Waals surface area contributed by atoms with Crippen LogP contribution in [0.3, 0.4) is 0 Å². The molecular formula is C26H31F3N4O2. The van der Waals surface area contributed by atoms with Crippen molar-refractivity contribution in [3.63, 3.8) is 0 Å². The number of ether oxygens (including phenoxy) is 1. The Kier molecular flexibility index (Phi) is 6.74. The minimum Gasteiger partial charge on any atom is -0.370 e. The van der Waals surface area contributed by atoms with Crippen molar-refractivity contribution in [2.75, 3.05) is 38.1 Å². The number of carbonyl (C=O) groups excluding carboxylic acids is 1. The molecule has 3 atom stereocenters. The van der Waals surface area contributed by atoms with Gasteiger partial charge in [0.25, 0.3) is 0 Å². The highest BCUT2D eigenvalue weighted by molar-refractivity contribution is 5.89. The van der Waals surface area contributed by atoms with Crippen LogP contribution in [0, 0.1) is 22.9 Å². The molecule has 1 spiro atoms. The van der Waals surface area contributed by atoms with Crippen molar-refractivity contribution in [3.05, 3.63) is 65.5 Å². The van der Waals surface area contributed by atoms with Gasteiger partial charge in [-0.05, 0) is 86.7 Å². The van der Waals surface area contributed by atoms with Gasteiger partial charge in [0, 0.05) is 36.4 Å². The van der Waals surface area contributed by atoms with Gasteiger partial charge < -0.3 is 20.7 Å². The molecule has 3 heterocycles. The lowest BCUT2D eigenvalue weighted by atomic mass is 9.77. The summed E-state index contributed by atoms with van der Waals surface area (Å²) in [5.41, 5.74) is 7.21. The Bertz CT molecular complexity index is 1060. The van der Waals surface area contributed by atoms with Crippen LogP contribution in [0.5, 0.6) is 0 Å². The summed E-state index contributed by atoms with van der Waals surface area (Å²) in [5.74, 6) is -1.34. The number of benzene rings is 2. The first-order chi connectivity index (χ1) is 16.8. The number of hydrogen-bond acceptors (Lipinski definition) is 4. The molecule has 188 valence electrons. The molecule has 9 heteroatoms. The molecule has 6 nitrogen and oxygen atoms in total. The molecule has 2 aromatic carbocycles. The number of carbonyl (C=O) groups is 1. The van der Waals surface area contributed by atoms with E-state index < -0.39 is 23.8 Å². The third-order valence-electron chi connectivity index (χ3n) is 7.86. The zero-order chi connectivity index (χ0) is 24.6. The number of likely N-dealkylation sites (tertiary alicyclic amines) is 2. The van der Waals surface area contributed by atoms with E-state index in [2.05, 4.69) is 10.2 Å². The second-order valence-electron chi connectivity index (χ2n) is 10.1. The van der Waals surface area contributed by atoms with Crippen molar-refractivity contribution < 1.29 is 22.7 Å². The minimum absolute atomic E-state index is 0.0987. The number of halogens is 3. The zero-order valence-corrected chi connectivity index (χ0v) is 19.6. The van der Waals surface area contributed by atoms with E-state index >= 15 is 0 Å². The Morgan fingerprint density at radius 2 is 1.69 bits per heavy atom. The number of urea groups is 1. The van der Waals surface area contributed by atoms with E-state index in [0.29, 0.717) is 31.8 Å². The summed E-state index contributed by atoms with van der Waals surface area (Å²) in [4.78, 5) is 16.9. The van der Waals surface area contributed by atoms with E-state index in [1.165, 1.54) is 18.2 Å². The monoisotopic (exact) mass is 488 g/mol. The van der Waals surface area contributed by atoms with Gasteiger partial charge in [-0.3, -0.25) is 4.90 Å². The van der Waals surface area contributed by atoms with Crippen LogP contribution in [0.4, 0.5) is 23.7 Å². The van der Waals surface area contributed by atoms with Gasteiger partial charge in [-0.25, -0.2) is 18.0 Å². The van der Waals surface area contributed by atoms with Gasteiger partial charge >= 0.3 is 6.03 Å². The van der Waals surface area contributed by atoms with Crippen LogP contribution < -0.4 is 11.1 Å². The Morgan fingerprint density at radius 1 is 1.00 bits per heavy atom. The highest BCUT2D eigenvalue weighted by Gasteiger charge is 2.44. The van der Waals surface area contributed by atoms with Crippen LogP contribution in [-0.2, 0) is 4.74 Å². The molecule has 35 heavy (non-hydrogen) atoms. The first-order valence-corrected chi connectivity index (χ1v) is 12.2. The average Bonchev–Trinajstić information content (AvgIpc) is 3.26. The standard InChI is InChI=1S/C26H31F3N4O2/c27-17-1-4-19(5-2-17)31-25(34)33-12-9-26(16-33)7-10-32(11-8-26)20-14-23(30)24(35-15-20)21-13-18(28)3-6-22(21)29/h1-6,13,20,23-24H,7-12,14-16,30H2,(H,31,34)/t20-,23+,24-/m1/s1. The van der Waals surface area contributed by atoms with Gasteiger partial charge in [0.2, 0.25) is 0 Å². The average molecular weight is 489 g/mol. The van der Waals surface area contributed by atoms with Gasteiger partial charge in [0.05, 0.1) is 6.61 Å². The predicted octanol–water partition coefficient (Wildman–Crippen LogP) is 4.28. The van der Waals surface area contributed by atoms with Crippen molar-refractivity contribution in [2.24, 2.45) is 11.1 Å². The fourth-order valence-corrected chi connectivity index (χ4v) is 5.77. The topological polar surface area (TPSA) is 70.8 Å². The van der Waals surface area contributed by atoms with E-state index in [1.807, 2.05) is 4.90 Å². The molecule has 2 aromatic rings. The van der Waals surface area contributed by atoms with Crippen LogP contribution in [0.1, 0.15) is 37.4 Å².